The van der Waals surface area contributed by atoms with Gasteiger partial charge in [0, 0.05) is 0 Å². The van der Waals surface area contributed by atoms with Crippen LogP contribution in [0.25, 0.3) is 0 Å². The highest BCUT2D eigenvalue weighted by atomic mass is 32.2. The molecule has 0 aromatic heterocycles. The second-order valence-corrected chi connectivity index (χ2v) is 3.63. The van der Waals surface area contributed by atoms with Gasteiger partial charge < -0.3 is 4.79 Å². The van der Waals surface area contributed by atoms with Crippen molar-refractivity contribution in [2.24, 2.45) is 0 Å². The molecule has 0 unspecified atom stereocenters. The van der Waals surface area contributed by atoms with Crippen molar-refractivity contribution in [3.63, 3.8) is 0 Å². The molecule has 13 heavy (non-hydrogen) atoms. The first kappa shape index (κ1) is 11.8. The second kappa shape index (κ2) is 4.74. The van der Waals surface area contributed by atoms with Gasteiger partial charge in [0.1, 0.15) is 6.79 Å². The number of benzene rings is 1. The van der Waals surface area contributed by atoms with E-state index in [-0.39, 0.29) is 4.90 Å². The molecule has 1 aromatic carbocycles. The van der Waals surface area contributed by atoms with Gasteiger partial charge in [0.25, 0.3) is 10.1 Å². The van der Waals surface area contributed by atoms with E-state index in [0.29, 0.717) is 5.56 Å². The van der Waals surface area contributed by atoms with E-state index < -0.39 is 10.1 Å². The van der Waals surface area contributed by atoms with E-state index in [1.807, 2.05) is 6.79 Å². The van der Waals surface area contributed by atoms with Gasteiger partial charge in [0.2, 0.25) is 0 Å². The van der Waals surface area contributed by atoms with Crippen molar-refractivity contribution in [2.45, 2.75) is 11.8 Å². The fourth-order valence-electron chi connectivity index (χ4n) is 0.846. The van der Waals surface area contributed by atoms with Crippen LogP contribution >= 0.6 is 0 Å². The van der Waals surface area contributed by atoms with Gasteiger partial charge in [-0.3, -0.25) is 4.55 Å². The molecule has 0 saturated carbocycles. The van der Waals surface area contributed by atoms with E-state index in [1.54, 1.807) is 25.1 Å². The van der Waals surface area contributed by atoms with Crippen LogP contribution < -0.4 is 0 Å². The molecular formula is C8H10O4S. The summed E-state index contributed by atoms with van der Waals surface area (Å²) in [5.74, 6) is 0. The van der Waals surface area contributed by atoms with Crippen molar-refractivity contribution in [3.8, 4) is 0 Å². The van der Waals surface area contributed by atoms with Crippen molar-refractivity contribution < 1.29 is 17.8 Å². The molecule has 0 heterocycles. The molecule has 0 aliphatic carbocycles. The van der Waals surface area contributed by atoms with Crippen LogP contribution in [-0.2, 0) is 14.9 Å². The molecular weight excluding hydrogens is 192 g/mol. The van der Waals surface area contributed by atoms with Crippen LogP contribution in [0.5, 0.6) is 0 Å². The predicted octanol–water partition coefficient (Wildman–Crippen LogP) is 1.06. The number of rotatable bonds is 1. The molecule has 1 aromatic rings. The fourth-order valence-corrected chi connectivity index (χ4v) is 1.57. The average Bonchev–Trinajstić information content (AvgIpc) is 2.07. The second-order valence-electron chi connectivity index (χ2n) is 2.24. The zero-order valence-electron chi connectivity index (χ0n) is 7.10. The molecule has 0 bridgehead atoms. The normalized spacial score (nSPS) is 10.0. The van der Waals surface area contributed by atoms with Gasteiger partial charge in [0.15, 0.2) is 0 Å². The SMILES string of the molecule is C=O.Cc1ccccc1S(=O)(=O)O. The van der Waals surface area contributed by atoms with Crippen LogP contribution in [0.2, 0.25) is 0 Å². The van der Waals surface area contributed by atoms with Gasteiger partial charge in [-0.25, -0.2) is 0 Å². The molecule has 0 aliphatic rings. The molecule has 0 spiro atoms. The number of carbonyl (C=O) groups excluding carboxylic acids is 1. The molecule has 0 aliphatic heterocycles. The number of hydrogen-bond acceptors (Lipinski definition) is 3. The zero-order chi connectivity index (χ0) is 10.5. The van der Waals surface area contributed by atoms with Crippen molar-refractivity contribution in [1.29, 1.82) is 0 Å². The summed E-state index contributed by atoms with van der Waals surface area (Å²) in [6.07, 6.45) is 0. The van der Waals surface area contributed by atoms with E-state index >= 15 is 0 Å². The lowest BCUT2D eigenvalue weighted by atomic mass is 10.2. The van der Waals surface area contributed by atoms with Crippen LogP contribution in [0.15, 0.2) is 29.2 Å². The molecule has 1 rings (SSSR count). The standard InChI is InChI=1S/C7H8O3S.CH2O/c1-6-4-2-3-5-7(6)11(8,9)10;1-2/h2-5H,1H3,(H,8,9,10);1H2. The Morgan fingerprint density at radius 3 is 2.00 bits per heavy atom. The van der Waals surface area contributed by atoms with E-state index in [1.165, 1.54) is 6.07 Å². The van der Waals surface area contributed by atoms with E-state index in [9.17, 15) is 8.42 Å². The topological polar surface area (TPSA) is 71.4 Å². The quantitative estimate of drug-likeness (QED) is 0.691. The highest BCUT2D eigenvalue weighted by Gasteiger charge is 2.10. The summed E-state index contributed by atoms with van der Waals surface area (Å²) in [5.41, 5.74) is 0.551. The fraction of sp³-hybridized carbons (Fsp3) is 0.125. The molecule has 0 amide bonds. The maximum absolute atomic E-state index is 10.6. The van der Waals surface area contributed by atoms with Crippen molar-refractivity contribution >= 4 is 16.9 Å². The van der Waals surface area contributed by atoms with Crippen molar-refractivity contribution in [3.05, 3.63) is 29.8 Å². The summed E-state index contributed by atoms with van der Waals surface area (Å²) in [6.45, 7) is 3.63. The van der Waals surface area contributed by atoms with E-state index in [0.717, 1.165) is 0 Å². The van der Waals surface area contributed by atoms with E-state index in [2.05, 4.69) is 0 Å². The molecule has 1 N–H and O–H groups in total. The third-order valence-corrected chi connectivity index (χ3v) is 2.39. The smallest absolute Gasteiger partial charge is 0.294 e. The Balaban J connectivity index is 0.000000671. The summed E-state index contributed by atoms with van der Waals surface area (Å²) in [7, 11) is -4.03. The molecule has 0 fully saturated rings. The minimum Gasteiger partial charge on any atom is -0.307 e. The molecule has 4 nitrogen and oxygen atoms in total. The van der Waals surface area contributed by atoms with Gasteiger partial charge in [-0.2, -0.15) is 8.42 Å². The summed E-state index contributed by atoms with van der Waals surface area (Å²) in [6, 6.07) is 6.27. The summed E-state index contributed by atoms with van der Waals surface area (Å²) >= 11 is 0. The lowest BCUT2D eigenvalue weighted by Gasteiger charge is -1.99. The Labute approximate surface area is 77.0 Å². The molecule has 0 radical (unpaired) electrons. The summed E-state index contributed by atoms with van der Waals surface area (Å²) in [5, 5.41) is 0. The third-order valence-electron chi connectivity index (χ3n) is 1.37. The predicted molar refractivity (Wildman–Crippen MR) is 48.1 cm³/mol. The van der Waals surface area contributed by atoms with Gasteiger partial charge in [0.05, 0.1) is 4.90 Å². The first-order chi connectivity index (χ1) is 6.02. The molecule has 72 valence electrons. The zero-order valence-corrected chi connectivity index (χ0v) is 7.91. The first-order valence-corrected chi connectivity index (χ1v) is 4.78. The van der Waals surface area contributed by atoms with Gasteiger partial charge in [-0.15, -0.1) is 0 Å². The Morgan fingerprint density at radius 1 is 1.23 bits per heavy atom. The molecule has 0 atom stereocenters. The maximum atomic E-state index is 10.6. The first-order valence-electron chi connectivity index (χ1n) is 3.34. The number of carbonyl (C=O) groups is 1. The van der Waals surface area contributed by atoms with Gasteiger partial charge in [-0.05, 0) is 18.6 Å². The summed E-state index contributed by atoms with van der Waals surface area (Å²) < 4.78 is 29.9. The lowest BCUT2D eigenvalue weighted by molar-refractivity contribution is -0.0979. The van der Waals surface area contributed by atoms with Crippen LogP contribution in [0, 0.1) is 6.92 Å². The Morgan fingerprint density at radius 2 is 1.69 bits per heavy atom. The Bertz CT molecular complexity index is 369. The number of aryl methyl sites for hydroxylation is 1. The third kappa shape index (κ3) is 3.35. The maximum Gasteiger partial charge on any atom is 0.294 e. The Kier molecular flexibility index (Phi) is 4.30. The molecule has 0 saturated heterocycles. The minimum absolute atomic E-state index is 0.0278. The van der Waals surface area contributed by atoms with E-state index in [4.69, 9.17) is 9.35 Å². The van der Waals surface area contributed by atoms with Gasteiger partial charge in [-0.1, -0.05) is 18.2 Å². The van der Waals surface area contributed by atoms with Crippen LogP contribution in [0.3, 0.4) is 0 Å². The lowest BCUT2D eigenvalue weighted by Crippen LogP contribution is -1.99. The van der Waals surface area contributed by atoms with Crippen molar-refractivity contribution in [2.75, 3.05) is 0 Å². The molecule has 5 heteroatoms. The van der Waals surface area contributed by atoms with Crippen molar-refractivity contribution in [1.82, 2.24) is 0 Å². The minimum atomic E-state index is -4.03. The van der Waals surface area contributed by atoms with Crippen LogP contribution in [0.1, 0.15) is 5.56 Å². The number of hydrogen-bond donors (Lipinski definition) is 1. The highest BCUT2D eigenvalue weighted by Crippen LogP contribution is 2.12. The Hall–Kier alpha value is -1.20. The highest BCUT2D eigenvalue weighted by molar-refractivity contribution is 7.85. The van der Waals surface area contributed by atoms with Crippen LogP contribution in [0.4, 0.5) is 0 Å². The largest absolute Gasteiger partial charge is 0.307 e. The monoisotopic (exact) mass is 202 g/mol. The van der Waals surface area contributed by atoms with Gasteiger partial charge >= 0.3 is 0 Å². The van der Waals surface area contributed by atoms with Crippen LogP contribution in [-0.4, -0.2) is 19.8 Å². The average molecular weight is 202 g/mol. The summed E-state index contributed by atoms with van der Waals surface area (Å²) in [4.78, 5) is 7.97.